The fourth-order valence-electron chi connectivity index (χ4n) is 1.42. The molecule has 0 saturated carbocycles. The smallest absolute Gasteiger partial charge is 0.0726 e. The van der Waals surface area contributed by atoms with Crippen molar-refractivity contribution in [3.05, 3.63) is 64.9 Å². The van der Waals surface area contributed by atoms with Gasteiger partial charge in [-0.2, -0.15) is 0 Å². The third-order valence-corrected chi connectivity index (χ3v) is 2.46. The minimum absolute atomic E-state index is 0.218. The Hall–Kier alpha value is -1.38. The van der Waals surface area contributed by atoms with E-state index in [2.05, 4.69) is 4.98 Å². The number of rotatable bonds is 2. The van der Waals surface area contributed by atoms with E-state index in [-0.39, 0.29) is 6.04 Å². The van der Waals surface area contributed by atoms with Gasteiger partial charge in [0.15, 0.2) is 0 Å². The van der Waals surface area contributed by atoms with Crippen LogP contribution in [0.3, 0.4) is 0 Å². The standard InChI is InChI=1S/C12H11ClN2/c13-10-6-7-15-11(8-10)12(14)9-4-2-1-3-5-9/h1-8,12H,14H2. The summed E-state index contributed by atoms with van der Waals surface area (Å²) in [6, 6.07) is 13.1. The van der Waals surface area contributed by atoms with E-state index in [4.69, 9.17) is 17.3 Å². The summed E-state index contributed by atoms with van der Waals surface area (Å²) >= 11 is 5.88. The number of hydrogen-bond acceptors (Lipinski definition) is 2. The van der Waals surface area contributed by atoms with Crippen molar-refractivity contribution >= 4 is 11.6 Å². The van der Waals surface area contributed by atoms with Crippen molar-refractivity contribution in [1.82, 2.24) is 4.98 Å². The second-order valence-electron chi connectivity index (χ2n) is 3.29. The molecule has 0 aliphatic rings. The second-order valence-corrected chi connectivity index (χ2v) is 3.72. The van der Waals surface area contributed by atoms with Crippen LogP contribution >= 0.6 is 11.6 Å². The lowest BCUT2D eigenvalue weighted by molar-refractivity contribution is 0.829. The number of hydrogen-bond donors (Lipinski definition) is 1. The molecular formula is C12H11ClN2. The average molecular weight is 219 g/mol. The highest BCUT2D eigenvalue weighted by Crippen LogP contribution is 2.19. The summed E-state index contributed by atoms with van der Waals surface area (Å²) in [4.78, 5) is 4.21. The van der Waals surface area contributed by atoms with Crippen LogP contribution in [0.1, 0.15) is 17.3 Å². The maximum absolute atomic E-state index is 6.06. The summed E-state index contributed by atoms with van der Waals surface area (Å²) in [6.45, 7) is 0. The fourth-order valence-corrected chi connectivity index (χ4v) is 1.59. The van der Waals surface area contributed by atoms with E-state index in [1.165, 1.54) is 0 Å². The van der Waals surface area contributed by atoms with Crippen LogP contribution in [0.4, 0.5) is 0 Å². The summed E-state index contributed by atoms with van der Waals surface area (Å²) in [5.74, 6) is 0. The molecule has 3 heteroatoms. The molecule has 1 unspecified atom stereocenters. The molecular weight excluding hydrogens is 208 g/mol. The fraction of sp³-hybridized carbons (Fsp3) is 0.0833. The summed E-state index contributed by atoms with van der Waals surface area (Å²) < 4.78 is 0. The van der Waals surface area contributed by atoms with E-state index in [1.54, 1.807) is 18.3 Å². The van der Waals surface area contributed by atoms with Gasteiger partial charge in [0.1, 0.15) is 0 Å². The maximum atomic E-state index is 6.06. The lowest BCUT2D eigenvalue weighted by Gasteiger charge is -2.11. The molecule has 0 amide bonds. The van der Waals surface area contributed by atoms with E-state index >= 15 is 0 Å². The lowest BCUT2D eigenvalue weighted by atomic mass is 10.0. The summed E-state index contributed by atoms with van der Waals surface area (Å²) in [7, 11) is 0. The van der Waals surface area contributed by atoms with Crippen molar-refractivity contribution in [1.29, 1.82) is 0 Å². The molecule has 2 aromatic rings. The van der Waals surface area contributed by atoms with Gasteiger partial charge in [-0.3, -0.25) is 4.98 Å². The van der Waals surface area contributed by atoms with Crippen LogP contribution in [0, 0.1) is 0 Å². The van der Waals surface area contributed by atoms with Gasteiger partial charge in [0.05, 0.1) is 11.7 Å². The van der Waals surface area contributed by atoms with E-state index in [0.717, 1.165) is 11.3 Å². The van der Waals surface area contributed by atoms with Gasteiger partial charge in [0, 0.05) is 11.2 Å². The first-order valence-electron chi connectivity index (χ1n) is 4.69. The van der Waals surface area contributed by atoms with Gasteiger partial charge in [-0.15, -0.1) is 0 Å². The Morgan fingerprint density at radius 2 is 1.87 bits per heavy atom. The molecule has 0 radical (unpaired) electrons. The highest BCUT2D eigenvalue weighted by atomic mass is 35.5. The monoisotopic (exact) mass is 218 g/mol. The van der Waals surface area contributed by atoms with Gasteiger partial charge in [-0.25, -0.2) is 0 Å². The van der Waals surface area contributed by atoms with Gasteiger partial charge in [-0.05, 0) is 17.7 Å². The minimum Gasteiger partial charge on any atom is -0.319 e. The second kappa shape index (κ2) is 4.43. The van der Waals surface area contributed by atoms with Gasteiger partial charge in [0.25, 0.3) is 0 Å². The molecule has 0 bridgehead atoms. The predicted octanol–water partition coefficient (Wildman–Crippen LogP) is 2.78. The van der Waals surface area contributed by atoms with E-state index < -0.39 is 0 Å². The van der Waals surface area contributed by atoms with Gasteiger partial charge in [0.2, 0.25) is 0 Å². The van der Waals surface area contributed by atoms with Crippen molar-refractivity contribution in [3.8, 4) is 0 Å². The first-order chi connectivity index (χ1) is 7.27. The molecule has 15 heavy (non-hydrogen) atoms. The molecule has 1 heterocycles. The first-order valence-corrected chi connectivity index (χ1v) is 5.07. The molecule has 0 spiro atoms. The largest absolute Gasteiger partial charge is 0.319 e. The van der Waals surface area contributed by atoms with Crippen LogP contribution in [-0.2, 0) is 0 Å². The van der Waals surface area contributed by atoms with Crippen molar-refractivity contribution in [2.45, 2.75) is 6.04 Å². The van der Waals surface area contributed by atoms with E-state index in [9.17, 15) is 0 Å². The quantitative estimate of drug-likeness (QED) is 0.842. The number of nitrogens with two attached hydrogens (primary N) is 1. The maximum Gasteiger partial charge on any atom is 0.0726 e. The van der Waals surface area contributed by atoms with Crippen LogP contribution < -0.4 is 5.73 Å². The van der Waals surface area contributed by atoms with Crippen LogP contribution in [0.5, 0.6) is 0 Å². The topological polar surface area (TPSA) is 38.9 Å². The number of benzene rings is 1. The summed E-state index contributed by atoms with van der Waals surface area (Å²) in [6.07, 6.45) is 1.67. The predicted molar refractivity (Wildman–Crippen MR) is 61.7 cm³/mol. The normalized spacial score (nSPS) is 12.4. The lowest BCUT2D eigenvalue weighted by Crippen LogP contribution is -2.13. The van der Waals surface area contributed by atoms with Crippen LogP contribution in [0.25, 0.3) is 0 Å². The SMILES string of the molecule is NC(c1ccccc1)c1cc(Cl)ccn1. The molecule has 0 aliphatic carbocycles. The number of pyridine rings is 1. The highest BCUT2D eigenvalue weighted by Gasteiger charge is 2.09. The van der Waals surface area contributed by atoms with E-state index in [1.807, 2.05) is 30.3 Å². The van der Waals surface area contributed by atoms with Crippen molar-refractivity contribution in [3.63, 3.8) is 0 Å². The molecule has 2 N–H and O–H groups in total. The Labute approximate surface area is 93.7 Å². The van der Waals surface area contributed by atoms with Gasteiger partial charge >= 0.3 is 0 Å². The zero-order valence-electron chi connectivity index (χ0n) is 8.10. The molecule has 76 valence electrons. The zero-order valence-corrected chi connectivity index (χ0v) is 8.85. The molecule has 2 rings (SSSR count). The Kier molecular flexibility index (Phi) is 2.99. The number of aromatic nitrogens is 1. The highest BCUT2D eigenvalue weighted by molar-refractivity contribution is 6.30. The number of nitrogens with zero attached hydrogens (tertiary/aromatic N) is 1. The molecule has 2 nitrogen and oxygen atoms in total. The van der Waals surface area contributed by atoms with E-state index in [0.29, 0.717) is 5.02 Å². The average Bonchev–Trinajstić information content (AvgIpc) is 2.29. The van der Waals surface area contributed by atoms with Crippen LogP contribution in [-0.4, -0.2) is 4.98 Å². The molecule has 1 aromatic heterocycles. The third kappa shape index (κ3) is 2.35. The van der Waals surface area contributed by atoms with Crippen LogP contribution in [0.2, 0.25) is 5.02 Å². The molecule has 0 fully saturated rings. The van der Waals surface area contributed by atoms with Crippen LogP contribution in [0.15, 0.2) is 48.7 Å². The Morgan fingerprint density at radius 3 is 2.53 bits per heavy atom. The van der Waals surface area contributed by atoms with Gasteiger partial charge in [-0.1, -0.05) is 41.9 Å². The number of halogens is 1. The first kappa shape index (κ1) is 10.1. The third-order valence-electron chi connectivity index (χ3n) is 2.22. The molecule has 1 aromatic carbocycles. The Morgan fingerprint density at radius 1 is 1.13 bits per heavy atom. The van der Waals surface area contributed by atoms with Crippen molar-refractivity contribution in [2.24, 2.45) is 5.73 Å². The molecule has 0 saturated heterocycles. The molecule has 0 aliphatic heterocycles. The summed E-state index contributed by atoms with van der Waals surface area (Å²) in [5.41, 5.74) is 7.88. The minimum atomic E-state index is -0.218. The Bertz CT molecular complexity index is 442. The summed E-state index contributed by atoms with van der Waals surface area (Å²) in [5, 5.41) is 0.659. The zero-order chi connectivity index (χ0) is 10.7. The van der Waals surface area contributed by atoms with Crippen molar-refractivity contribution < 1.29 is 0 Å². The Balaban J connectivity index is 2.32. The molecule has 1 atom stereocenters. The van der Waals surface area contributed by atoms with Crippen molar-refractivity contribution in [2.75, 3.05) is 0 Å². The van der Waals surface area contributed by atoms with Gasteiger partial charge < -0.3 is 5.73 Å².